The highest BCUT2D eigenvalue weighted by atomic mass is 32.2. The van der Waals surface area contributed by atoms with Gasteiger partial charge in [0.2, 0.25) is 5.89 Å². The van der Waals surface area contributed by atoms with E-state index in [1.807, 2.05) is 0 Å². The first-order chi connectivity index (χ1) is 8.20. The minimum Gasteiger partial charge on any atom is -0.416 e. The third kappa shape index (κ3) is 2.83. The van der Waals surface area contributed by atoms with Crippen molar-refractivity contribution in [2.75, 3.05) is 0 Å². The lowest BCUT2D eigenvalue weighted by Crippen LogP contribution is -2.02. The Balaban J connectivity index is 2.09. The van der Waals surface area contributed by atoms with E-state index >= 15 is 0 Å². The van der Waals surface area contributed by atoms with Crippen LogP contribution in [0.4, 0.5) is 4.39 Å². The van der Waals surface area contributed by atoms with Gasteiger partial charge >= 0.3 is 0 Å². The van der Waals surface area contributed by atoms with Crippen LogP contribution in [0.3, 0.4) is 0 Å². The standard InChI is InChI=1S/C11H12FN3OS/c1-7-14-15-11(16-7)17-6-9-4-2-3-8(5-13)10(9)12/h2-4H,5-6,13H2,1H3. The molecular formula is C11H12FN3OS. The lowest BCUT2D eigenvalue weighted by Gasteiger charge is -2.04. The van der Waals surface area contributed by atoms with Crippen LogP contribution in [0.15, 0.2) is 27.8 Å². The lowest BCUT2D eigenvalue weighted by atomic mass is 10.1. The summed E-state index contributed by atoms with van der Waals surface area (Å²) < 4.78 is 19.0. The van der Waals surface area contributed by atoms with Gasteiger partial charge in [-0.3, -0.25) is 0 Å². The SMILES string of the molecule is Cc1nnc(SCc2cccc(CN)c2F)o1. The van der Waals surface area contributed by atoms with Crippen molar-refractivity contribution in [3.8, 4) is 0 Å². The molecule has 6 heteroatoms. The fourth-order valence-electron chi connectivity index (χ4n) is 1.38. The van der Waals surface area contributed by atoms with E-state index in [0.717, 1.165) is 0 Å². The van der Waals surface area contributed by atoms with E-state index in [-0.39, 0.29) is 12.4 Å². The number of rotatable bonds is 4. The maximum atomic E-state index is 13.8. The number of aryl methyl sites for hydroxylation is 1. The molecule has 0 amide bonds. The molecule has 4 nitrogen and oxygen atoms in total. The van der Waals surface area contributed by atoms with Gasteiger partial charge < -0.3 is 10.2 Å². The first-order valence-electron chi connectivity index (χ1n) is 5.10. The van der Waals surface area contributed by atoms with Crippen LogP contribution in [-0.2, 0) is 12.3 Å². The largest absolute Gasteiger partial charge is 0.416 e. The van der Waals surface area contributed by atoms with Gasteiger partial charge in [0.15, 0.2) is 0 Å². The predicted molar refractivity (Wildman–Crippen MR) is 62.9 cm³/mol. The van der Waals surface area contributed by atoms with Gasteiger partial charge in [-0.15, -0.1) is 10.2 Å². The average molecular weight is 253 g/mol. The van der Waals surface area contributed by atoms with Gasteiger partial charge in [-0.25, -0.2) is 4.39 Å². The van der Waals surface area contributed by atoms with Crippen molar-refractivity contribution in [1.29, 1.82) is 0 Å². The van der Waals surface area contributed by atoms with E-state index in [2.05, 4.69) is 10.2 Å². The molecule has 0 spiro atoms. The summed E-state index contributed by atoms with van der Waals surface area (Å²) in [6.45, 7) is 1.91. The van der Waals surface area contributed by atoms with Gasteiger partial charge in [0, 0.05) is 24.8 Å². The quantitative estimate of drug-likeness (QED) is 0.847. The normalized spacial score (nSPS) is 10.8. The Kier molecular flexibility index (Phi) is 3.75. The summed E-state index contributed by atoms with van der Waals surface area (Å²) in [5, 5.41) is 7.98. The molecule has 90 valence electrons. The molecule has 2 aromatic rings. The van der Waals surface area contributed by atoms with E-state index < -0.39 is 0 Å². The van der Waals surface area contributed by atoms with Crippen molar-refractivity contribution in [2.45, 2.75) is 24.4 Å². The molecule has 17 heavy (non-hydrogen) atoms. The Hall–Kier alpha value is -1.40. The molecular weight excluding hydrogens is 241 g/mol. The maximum Gasteiger partial charge on any atom is 0.276 e. The van der Waals surface area contributed by atoms with Gasteiger partial charge in [0.05, 0.1) is 0 Å². The molecule has 2 rings (SSSR count). The zero-order valence-electron chi connectivity index (χ0n) is 9.31. The van der Waals surface area contributed by atoms with Crippen LogP contribution in [0.2, 0.25) is 0 Å². The van der Waals surface area contributed by atoms with Gasteiger partial charge in [-0.05, 0) is 5.56 Å². The van der Waals surface area contributed by atoms with E-state index in [4.69, 9.17) is 10.2 Å². The Morgan fingerprint density at radius 3 is 2.76 bits per heavy atom. The number of hydrogen-bond donors (Lipinski definition) is 1. The van der Waals surface area contributed by atoms with E-state index in [0.29, 0.717) is 28.0 Å². The number of halogens is 1. The topological polar surface area (TPSA) is 64.9 Å². The van der Waals surface area contributed by atoms with Crippen molar-refractivity contribution < 1.29 is 8.81 Å². The number of nitrogens with zero attached hydrogens (tertiary/aromatic N) is 2. The number of thioether (sulfide) groups is 1. The number of nitrogens with two attached hydrogens (primary N) is 1. The molecule has 1 heterocycles. The van der Waals surface area contributed by atoms with E-state index in [1.165, 1.54) is 11.8 Å². The minimum absolute atomic E-state index is 0.198. The fraction of sp³-hybridized carbons (Fsp3) is 0.273. The molecule has 0 radical (unpaired) electrons. The number of benzene rings is 1. The summed E-state index contributed by atoms with van der Waals surface area (Å²) in [6, 6.07) is 5.20. The molecule has 0 bridgehead atoms. The van der Waals surface area contributed by atoms with E-state index in [1.54, 1.807) is 25.1 Å². The van der Waals surface area contributed by atoms with Crippen molar-refractivity contribution in [3.05, 3.63) is 41.0 Å². The Labute approximate surface area is 102 Å². The van der Waals surface area contributed by atoms with Gasteiger partial charge in [0.25, 0.3) is 5.22 Å². The van der Waals surface area contributed by atoms with Crippen LogP contribution in [0.1, 0.15) is 17.0 Å². The zero-order valence-corrected chi connectivity index (χ0v) is 10.1. The molecule has 1 aromatic heterocycles. The first-order valence-corrected chi connectivity index (χ1v) is 6.08. The van der Waals surface area contributed by atoms with E-state index in [9.17, 15) is 4.39 Å². The Morgan fingerprint density at radius 1 is 1.35 bits per heavy atom. The van der Waals surface area contributed by atoms with Crippen LogP contribution < -0.4 is 5.73 Å². The first kappa shape index (κ1) is 12.1. The zero-order chi connectivity index (χ0) is 12.3. The van der Waals surface area contributed by atoms with Crippen molar-refractivity contribution >= 4 is 11.8 Å². The van der Waals surface area contributed by atoms with Crippen LogP contribution in [0.25, 0.3) is 0 Å². The molecule has 0 unspecified atom stereocenters. The molecule has 0 atom stereocenters. The van der Waals surface area contributed by atoms with Crippen molar-refractivity contribution in [2.24, 2.45) is 5.73 Å². The Morgan fingerprint density at radius 2 is 2.12 bits per heavy atom. The van der Waals surface area contributed by atoms with Crippen LogP contribution in [0, 0.1) is 12.7 Å². The second-order valence-electron chi connectivity index (χ2n) is 3.47. The molecule has 0 saturated heterocycles. The molecule has 0 fully saturated rings. The summed E-state index contributed by atoms with van der Waals surface area (Å²) in [5.41, 5.74) is 6.55. The predicted octanol–water partition coefficient (Wildman–Crippen LogP) is 2.27. The third-order valence-corrected chi connectivity index (χ3v) is 3.10. The highest BCUT2D eigenvalue weighted by molar-refractivity contribution is 7.98. The molecule has 0 aliphatic heterocycles. The second kappa shape index (κ2) is 5.29. The molecule has 0 aliphatic rings. The highest BCUT2D eigenvalue weighted by Gasteiger charge is 2.09. The molecule has 0 aliphatic carbocycles. The third-order valence-electron chi connectivity index (χ3n) is 2.24. The van der Waals surface area contributed by atoms with Crippen molar-refractivity contribution in [1.82, 2.24) is 10.2 Å². The monoisotopic (exact) mass is 253 g/mol. The maximum absolute atomic E-state index is 13.8. The molecule has 0 saturated carbocycles. The smallest absolute Gasteiger partial charge is 0.276 e. The van der Waals surface area contributed by atoms with Crippen LogP contribution in [-0.4, -0.2) is 10.2 Å². The minimum atomic E-state index is -0.251. The molecule has 2 N–H and O–H groups in total. The second-order valence-corrected chi connectivity index (χ2v) is 4.40. The summed E-state index contributed by atoms with van der Waals surface area (Å²) in [6.07, 6.45) is 0. The number of aromatic nitrogens is 2. The summed E-state index contributed by atoms with van der Waals surface area (Å²) >= 11 is 1.31. The van der Waals surface area contributed by atoms with Gasteiger partial charge in [-0.2, -0.15) is 0 Å². The lowest BCUT2D eigenvalue weighted by molar-refractivity contribution is 0.429. The summed E-state index contributed by atoms with van der Waals surface area (Å²) in [4.78, 5) is 0. The van der Waals surface area contributed by atoms with Crippen LogP contribution in [0.5, 0.6) is 0 Å². The Bertz CT molecular complexity index is 515. The van der Waals surface area contributed by atoms with Crippen molar-refractivity contribution in [3.63, 3.8) is 0 Å². The van der Waals surface area contributed by atoms with Gasteiger partial charge in [0.1, 0.15) is 5.82 Å². The average Bonchev–Trinajstić information content (AvgIpc) is 2.74. The number of hydrogen-bond acceptors (Lipinski definition) is 5. The van der Waals surface area contributed by atoms with Crippen LogP contribution >= 0.6 is 11.8 Å². The van der Waals surface area contributed by atoms with Gasteiger partial charge in [-0.1, -0.05) is 30.0 Å². The fourth-order valence-corrected chi connectivity index (χ4v) is 2.16. The molecule has 1 aromatic carbocycles. The summed E-state index contributed by atoms with van der Waals surface area (Å²) in [7, 11) is 0. The summed E-state index contributed by atoms with van der Waals surface area (Å²) in [5.74, 6) is 0.698. The highest BCUT2D eigenvalue weighted by Crippen LogP contribution is 2.23.